The molecule has 3 atom stereocenters. The van der Waals surface area contributed by atoms with E-state index < -0.39 is 23.2 Å². The molecule has 0 aromatic heterocycles. The van der Waals surface area contributed by atoms with Crippen molar-refractivity contribution in [1.82, 2.24) is 0 Å². The lowest BCUT2D eigenvalue weighted by Crippen LogP contribution is -2.26. The second kappa shape index (κ2) is 6.31. The van der Waals surface area contributed by atoms with E-state index in [2.05, 4.69) is 15.9 Å². The maximum atomic E-state index is 11.1. The van der Waals surface area contributed by atoms with E-state index in [9.17, 15) is 20.3 Å². The molecular formula is C12H16BrNO5. The molecule has 3 unspecified atom stereocenters. The molecule has 0 heterocycles. The van der Waals surface area contributed by atoms with E-state index >= 15 is 0 Å². The number of nitro benzene ring substituents is 1. The summed E-state index contributed by atoms with van der Waals surface area (Å²) in [6, 6.07) is 2.86. The van der Waals surface area contributed by atoms with E-state index in [-0.39, 0.29) is 11.4 Å². The Balaban J connectivity index is 3.35. The van der Waals surface area contributed by atoms with Crippen molar-refractivity contribution in [2.24, 2.45) is 0 Å². The molecule has 19 heavy (non-hydrogen) atoms. The predicted octanol–water partition coefficient (Wildman–Crippen LogP) is 2.56. The molecule has 106 valence electrons. The van der Waals surface area contributed by atoms with Gasteiger partial charge in [-0.1, -0.05) is 15.9 Å². The third-order valence-electron chi connectivity index (χ3n) is 2.69. The number of ether oxygens (including phenoxy) is 1. The minimum Gasteiger partial charge on any atom is -0.481 e. The molecular weight excluding hydrogens is 318 g/mol. The Bertz CT molecular complexity index is 475. The van der Waals surface area contributed by atoms with Crippen molar-refractivity contribution in [3.05, 3.63) is 32.3 Å². The van der Waals surface area contributed by atoms with Crippen molar-refractivity contribution in [3.63, 3.8) is 0 Å². The predicted molar refractivity (Wildman–Crippen MR) is 73.2 cm³/mol. The Labute approximate surface area is 119 Å². The van der Waals surface area contributed by atoms with Crippen LogP contribution in [-0.4, -0.2) is 27.3 Å². The fourth-order valence-corrected chi connectivity index (χ4v) is 1.92. The number of rotatable bonds is 5. The van der Waals surface area contributed by atoms with Crippen molar-refractivity contribution in [2.45, 2.75) is 39.1 Å². The lowest BCUT2D eigenvalue weighted by Gasteiger charge is -2.20. The summed E-state index contributed by atoms with van der Waals surface area (Å²) in [6.07, 6.45) is -2.34. The van der Waals surface area contributed by atoms with Crippen LogP contribution in [0.2, 0.25) is 0 Å². The van der Waals surface area contributed by atoms with Gasteiger partial charge < -0.3 is 14.9 Å². The highest BCUT2D eigenvalue weighted by Gasteiger charge is 2.25. The summed E-state index contributed by atoms with van der Waals surface area (Å²) in [5.41, 5.74) is 0.0475. The molecule has 0 aliphatic rings. The van der Waals surface area contributed by atoms with Crippen LogP contribution in [0.4, 0.5) is 5.69 Å². The largest absolute Gasteiger partial charge is 0.481 e. The molecule has 0 aliphatic heterocycles. The number of benzene rings is 1. The van der Waals surface area contributed by atoms with Crippen LogP contribution in [0, 0.1) is 10.1 Å². The molecule has 0 aliphatic carbocycles. The average Bonchev–Trinajstić information content (AvgIpc) is 2.29. The Morgan fingerprint density at radius 2 is 1.89 bits per heavy atom. The first kappa shape index (κ1) is 15.9. The zero-order valence-electron chi connectivity index (χ0n) is 10.8. The second-order valence-corrected chi connectivity index (χ2v) is 5.26. The highest BCUT2D eigenvalue weighted by Crippen LogP contribution is 2.38. The van der Waals surface area contributed by atoms with Gasteiger partial charge in [0, 0.05) is 16.1 Å². The van der Waals surface area contributed by atoms with Crippen molar-refractivity contribution in [3.8, 4) is 5.75 Å². The standard InChI is InChI=1S/C12H16BrNO5/c1-6(15)8(3)19-12-10(7(2)16)4-9(13)5-11(12)14(17)18/h4-8,15-16H,1-3H3. The number of nitrogens with zero attached hydrogens (tertiary/aromatic N) is 1. The van der Waals surface area contributed by atoms with Crippen molar-refractivity contribution >= 4 is 21.6 Å². The number of hydrogen-bond acceptors (Lipinski definition) is 5. The van der Waals surface area contributed by atoms with E-state index in [0.717, 1.165) is 0 Å². The van der Waals surface area contributed by atoms with E-state index in [4.69, 9.17) is 4.74 Å². The van der Waals surface area contributed by atoms with Crippen LogP contribution in [0.5, 0.6) is 5.75 Å². The Morgan fingerprint density at radius 3 is 2.32 bits per heavy atom. The lowest BCUT2D eigenvalue weighted by atomic mass is 10.1. The van der Waals surface area contributed by atoms with Gasteiger partial charge in [0.25, 0.3) is 0 Å². The molecule has 0 bridgehead atoms. The highest BCUT2D eigenvalue weighted by atomic mass is 79.9. The van der Waals surface area contributed by atoms with Gasteiger partial charge in [-0.3, -0.25) is 10.1 Å². The molecule has 1 rings (SSSR count). The van der Waals surface area contributed by atoms with E-state index in [1.165, 1.54) is 19.9 Å². The summed E-state index contributed by atoms with van der Waals surface area (Å²) < 4.78 is 5.92. The normalized spacial score (nSPS) is 15.7. The number of aliphatic hydroxyl groups excluding tert-OH is 2. The summed E-state index contributed by atoms with van der Waals surface area (Å²) >= 11 is 3.16. The third-order valence-corrected chi connectivity index (χ3v) is 3.15. The molecule has 0 radical (unpaired) electrons. The fraction of sp³-hybridized carbons (Fsp3) is 0.500. The number of hydrogen-bond donors (Lipinski definition) is 2. The van der Waals surface area contributed by atoms with Crippen LogP contribution in [0.15, 0.2) is 16.6 Å². The molecule has 2 N–H and O–H groups in total. The summed E-state index contributed by atoms with van der Waals surface area (Å²) in [6.45, 7) is 4.62. The first-order valence-electron chi connectivity index (χ1n) is 5.74. The van der Waals surface area contributed by atoms with Crippen molar-refractivity contribution in [1.29, 1.82) is 0 Å². The number of nitro groups is 1. The molecule has 1 aromatic rings. The number of halogens is 1. The molecule has 0 amide bonds. The average molecular weight is 334 g/mol. The Kier molecular flexibility index (Phi) is 5.28. The minimum atomic E-state index is -0.924. The highest BCUT2D eigenvalue weighted by molar-refractivity contribution is 9.10. The maximum Gasteiger partial charge on any atom is 0.312 e. The first-order chi connectivity index (χ1) is 8.73. The van der Waals surface area contributed by atoms with Crippen LogP contribution < -0.4 is 4.74 Å². The van der Waals surface area contributed by atoms with Crippen molar-refractivity contribution in [2.75, 3.05) is 0 Å². The number of aliphatic hydroxyl groups is 2. The van der Waals surface area contributed by atoms with Gasteiger partial charge in [-0.2, -0.15) is 0 Å². The summed E-state index contributed by atoms with van der Waals surface area (Å²) in [5, 5.41) is 30.2. The smallest absolute Gasteiger partial charge is 0.312 e. The van der Waals surface area contributed by atoms with Gasteiger partial charge >= 0.3 is 5.69 Å². The van der Waals surface area contributed by atoms with Gasteiger partial charge in [0.05, 0.1) is 17.1 Å². The lowest BCUT2D eigenvalue weighted by molar-refractivity contribution is -0.386. The molecule has 1 aromatic carbocycles. The summed E-state index contributed by atoms with van der Waals surface area (Å²) in [7, 11) is 0. The van der Waals surface area contributed by atoms with Gasteiger partial charge in [0.1, 0.15) is 6.10 Å². The van der Waals surface area contributed by atoms with Crippen LogP contribution in [0.1, 0.15) is 32.4 Å². The molecule has 0 saturated carbocycles. The monoisotopic (exact) mass is 333 g/mol. The van der Waals surface area contributed by atoms with Crippen molar-refractivity contribution < 1.29 is 19.9 Å². The molecule has 0 spiro atoms. The second-order valence-electron chi connectivity index (χ2n) is 4.34. The van der Waals surface area contributed by atoms with E-state index in [1.54, 1.807) is 13.0 Å². The van der Waals surface area contributed by atoms with Gasteiger partial charge in [0.15, 0.2) is 0 Å². The van der Waals surface area contributed by atoms with Gasteiger partial charge in [-0.05, 0) is 26.8 Å². The van der Waals surface area contributed by atoms with E-state index in [1.807, 2.05) is 0 Å². The molecule has 0 saturated heterocycles. The Morgan fingerprint density at radius 1 is 1.32 bits per heavy atom. The third kappa shape index (κ3) is 3.89. The minimum absolute atomic E-state index is 0.0170. The maximum absolute atomic E-state index is 11.1. The molecule has 0 fully saturated rings. The summed E-state index contributed by atoms with van der Waals surface area (Å²) in [4.78, 5) is 10.5. The summed E-state index contributed by atoms with van der Waals surface area (Å²) in [5.74, 6) is -0.0170. The molecule has 6 nitrogen and oxygen atoms in total. The van der Waals surface area contributed by atoms with E-state index in [0.29, 0.717) is 10.0 Å². The zero-order valence-corrected chi connectivity index (χ0v) is 12.4. The first-order valence-corrected chi connectivity index (χ1v) is 6.54. The van der Waals surface area contributed by atoms with Gasteiger partial charge in [-0.25, -0.2) is 0 Å². The van der Waals surface area contributed by atoms with Crippen LogP contribution in [-0.2, 0) is 0 Å². The van der Waals surface area contributed by atoms with Gasteiger partial charge in [0.2, 0.25) is 5.75 Å². The SMILES string of the molecule is CC(O)c1cc(Br)cc([N+](=O)[O-])c1OC(C)C(C)O. The fourth-order valence-electron chi connectivity index (χ4n) is 1.46. The van der Waals surface area contributed by atoms with Gasteiger partial charge in [-0.15, -0.1) is 0 Å². The van der Waals surface area contributed by atoms with Crippen LogP contribution in [0.25, 0.3) is 0 Å². The molecule has 7 heteroatoms. The zero-order chi connectivity index (χ0) is 14.7. The van der Waals surface area contributed by atoms with Crippen LogP contribution in [0.3, 0.4) is 0 Å². The quantitative estimate of drug-likeness (QED) is 0.638. The topological polar surface area (TPSA) is 92.8 Å². The Hall–Kier alpha value is -1.18. The van der Waals surface area contributed by atoms with Crippen LogP contribution >= 0.6 is 15.9 Å².